The highest BCUT2D eigenvalue weighted by Crippen LogP contribution is 2.24. The van der Waals surface area contributed by atoms with Crippen LogP contribution in [0.15, 0.2) is 24.3 Å². The summed E-state index contributed by atoms with van der Waals surface area (Å²) in [5, 5.41) is 9.28. The largest absolute Gasteiger partial charge is 0.452 e. The zero-order chi connectivity index (χ0) is 18.4. The van der Waals surface area contributed by atoms with Crippen LogP contribution in [-0.2, 0) is 16.0 Å². The molecule has 6 nitrogen and oxygen atoms in total. The number of aromatic nitrogens is 1. The Kier molecular flexibility index (Phi) is 6.07. The molecule has 2 rings (SSSR count). The first-order chi connectivity index (χ1) is 12.0. The molecular weight excluding hydrogens is 318 g/mol. The Morgan fingerprint density at radius 1 is 1.32 bits per heavy atom. The molecule has 130 valence electrons. The van der Waals surface area contributed by atoms with Crippen molar-refractivity contribution in [1.29, 1.82) is 5.26 Å². The Bertz CT molecular complexity index is 840. The van der Waals surface area contributed by atoms with Crippen molar-refractivity contribution >= 4 is 22.8 Å². The second-order valence-electron chi connectivity index (χ2n) is 5.73. The van der Waals surface area contributed by atoms with Crippen LogP contribution in [0.5, 0.6) is 0 Å². The first-order valence-corrected chi connectivity index (χ1v) is 8.15. The number of hydrogen-bond acceptors (Lipinski definition) is 5. The van der Waals surface area contributed by atoms with Crippen LogP contribution in [0.4, 0.5) is 0 Å². The quantitative estimate of drug-likeness (QED) is 0.756. The lowest BCUT2D eigenvalue weighted by Gasteiger charge is -2.16. The van der Waals surface area contributed by atoms with Gasteiger partial charge in [-0.25, -0.2) is 4.79 Å². The van der Waals surface area contributed by atoms with E-state index >= 15 is 0 Å². The van der Waals surface area contributed by atoms with E-state index in [4.69, 9.17) is 10.00 Å². The molecular formula is C19H21N3O3. The number of hydrogen-bond donors (Lipinski definition) is 0. The van der Waals surface area contributed by atoms with Gasteiger partial charge in [-0.1, -0.05) is 25.1 Å². The van der Waals surface area contributed by atoms with Gasteiger partial charge in [0.1, 0.15) is 0 Å². The van der Waals surface area contributed by atoms with Crippen LogP contribution in [0.25, 0.3) is 10.9 Å². The van der Waals surface area contributed by atoms with Crippen LogP contribution < -0.4 is 0 Å². The second-order valence-corrected chi connectivity index (χ2v) is 5.73. The number of pyridine rings is 1. The normalized spacial score (nSPS) is 10.3. The van der Waals surface area contributed by atoms with E-state index < -0.39 is 5.97 Å². The van der Waals surface area contributed by atoms with Crippen molar-refractivity contribution in [3.8, 4) is 6.07 Å². The van der Waals surface area contributed by atoms with Gasteiger partial charge in [-0.3, -0.25) is 9.78 Å². The van der Waals surface area contributed by atoms with E-state index in [0.29, 0.717) is 23.9 Å². The summed E-state index contributed by atoms with van der Waals surface area (Å²) in [5.41, 5.74) is 2.80. The summed E-state index contributed by atoms with van der Waals surface area (Å²) in [7, 11) is 1.58. The Labute approximate surface area is 147 Å². The average molecular weight is 339 g/mol. The van der Waals surface area contributed by atoms with Crippen molar-refractivity contribution in [1.82, 2.24) is 9.88 Å². The van der Waals surface area contributed by atoms with E-state index in [1.54, 1.807) is 7.05 Å². The molecule has 0 saturated carbocycles. The zero-order valence-corrected chi connectivity index (χ0v) is 14.7. The van der Waals surface area contributed by atoms with Gasteiger partial charge in [0.15, 0.2) is 6.61 Å². The van der Waals surface area contributed by atoms with Crippen molar-refractivity contribution in [3.05, 3.63) is 41.1 Å². The molecule has 0 aliphatic rings. The van der Waals surface area contributed by atoms with Crippen LogP contribution in [0, 0.1) is 18.3 Å². The number of esters is 1. The smallest absolute Gasteiger partial charge is 0.339 e. The molecule has 2 aromatic rings. The zero-order valence-electron chi connectivity index (χ0n) is 14.7. The highest BCUT2D eigenvalue weighted by Gasteiger charge is 2.20. The lowest BCUT2D eigenvalue weighted by molar-refractivity contribution is -0.133. The molecule has 0 aliphatic heterocycles. The third kappa shape index (κ3) is 4.13. The summed E-state index contributed by atoms with van der Waals surface area (Å²) in [6.45, 7) is 3.78. The molecule has 1 aromatic heterocycles. The predicted molar refractivity (Wildman–Crippen MR) is 94.0 cm³/mol. The molecule has 0 spiro atoms. The number of ether oxygens (including phenoxy) is 1. The number of nitriles is 1. The number of likely N-dealkylation sites (N-methyl/N-ethyl adjacent to an activating group) is 1. The van der Waals surface area contributed by atoms with E-state index in [9.17, 15) is 9.59 Å². The maximum absolute atomic E-state index is 12.6. The second kappa shape index (κ2) is 8.25. The number of carbonyl (C=O) groups is 2. The monoisotopic (exact) mass is 339 g/mol. The predicted octanol–water partition coefficient (Wildman–Crippen LogP) is 2.63. The SMILES string of the molecule is CCc1nc2ccccc2c(C(=O)OCC(=O)N(C)CCC#N)c1C. The van der Waals surface area contributed by atoms with Crippen LogP contribution in [0.3, 0.4) is 0 Å². The Morgan fingerprint density at radius 3 is 2.72 bits per heavy atom. The summed E-state index contributed by atoms with van der Waals surface area (Å²) in [4.78, 5) is 30.6. The van der Waals surface area contributed by atoms with Crippen molar-refractivity contribution < 1.29 is 14.3 Å². The highest BCUT2D eigenvalue weighted by atomic mass is 16.5. The molecule has 0 radical (unpaired) electrons. The van der Waals surface area contributed by atoms with Crippen LogP contribution in [0.1, 0.15) is 35.0 Å². The number of benzene rings is 1. The molecule has 0 fully saturated rings. The lowest BCUT2D eigenvalue weighted by atomic mass is 10.0. The molecule has 0 saturated heterocycles. The van der Waals surface area contributed by atoms with E-state index in [-0.39, 0.29) is 18.9 Å². The van der Waals surface area contributed by atoms with Gasteiger partial charge in [0.2, 0.25) is 0 Å². The Morgan fingerprint density at radius 2 is 2.04 bits per heavy atom. The fourth-order valence-electron chi connectivity index (χ4n) is 2.62. The minimum absolute atomic E-state index is 0.240. The third-order valence-corrected chi connectivity index (χ3v) is 4.09. The lowest BCUT2D eigenvalue weighted by Crippen LogP contribution is -2.32. The van der Waals surface area contributed by atoms with Crippen molar-refractivity contribution in [2.24, 2.45) is 0 Å². The molecule has 0 N–H and O–H groups in total. The van der Waals surface area contributed by atoms with Crippen LogP contribution in [0.2, 0.25) is 0 Å². The molecule has 25 heavy (non-hydrogen) atoms. The van der Waals surface area contributed by atoms with Crippen LogP contribution in [-0.4, -0.2) is 42.0 Å². The van der Waals surface area contributed by atoms with Gasteiger partial charge >= 0.3 is 5.97 Å². The maximum atomic E-state index is 12.6. The number of rotatable bonds is 6. The van der Waals surface area contributed by atoms with E-state index in [0.717, 1.165) is 16.8 Å². The number of nitrogens with zero attached hydrogens (tertiary/aromatic N) is 3. The van der Waals surface area contributed by atoms with Gasteiger partial charge in [-0.15, -0.1) is 0 Å². The van der Waals surface area contributed by atoms with Crippen LogP contribution >= 0.6 is 0 Å². The number of para-hydroxylation sites is 1. The first kappa shape index (κ1) is 18.4. The topological polar surface area (TPSA) is 83.3 Å². The molecule has 0 atom stereocenters. The third-order valence-electron chi connectivity index (χ3n) is 4.09. The number of fused-ring (bicyclic) bond motifs is 1. The summed E-state index contributed by atoms with van der Waals surface area (Å²) >= 11 is 0. The average Bonchev–Trinajstić information content (AvgIpc) is 2.63. The summed E-state index contributed by atoms with van der Waals surface area (Å²) in [5.74, 6) is -0.872. The molecule has 0 aliphatic carbocycles. The summed E-state index contributed by atoms with van der Waals surface area (Å²) < 4.78 is 5.24. The first-order valence-electron chi connectivity index (χ1n) is 8.15. The Balaban J connectivity index is 2.23. The fourth-order valence-corrected chi connectivity index (χ4v) is 2.62. The molecule has 0 bridgehead atoms. The molecule has 1 amide bonds. The summed E-state index contributed by atoms with van der Waals surface area (Å²) in [6, 6.07) is 9.36. The van der Waals surface area contributed by atoms with Gasteiger partial charge in [0.05, 0.1) is 23.6 Å². The summed E-state index contributed by atoms with van der Waals surface area (Å²) in [6.07, 6.45) is 0.941. The Hall–Kier alpha value is -2.94. The molecule has 1 aromatic carbocycles. The van der Waals surface area contributed by atoms with Gasteiger partial charge in [0, 0.05) is 24.7 Å². The number of carbonyl (C=O) groups excluding carboxylic acids is 2. The molecule has 1 heterocycles. The van der Waals surface area contributed by atoms with Crippen molar-refractivity contribution in [2.75, 3.05) is 20.2 Å². The highest BCUT2D eigenvalue weighted by molar-refractivity contribution is 6.05. The van der Waals surface area contributed by atoms with Gasteiger partial charge < -0.3 is 9.64 Å². The number of aryl methyl sites for hydroxylation is 1. The van der Waals surface area contributed by atoms with Crippen molar-refractivity contribution in [3.63, 3.8) is 0 Å². The van der Waals surface area contributed by atoms with Gasteiger partial charge in [-0.05, 0) is 25.0 Å². The van der Waals surface area contributed by atoms with Gasteiger partial charge in [0.25, 0.3) is 5.91 Å². The minimum atomic E-state index is -0.534. The standard InChI is InChI=1S/C19H21N3O3/c1-4-15-13(2)18(14-8-5-6-9-16(14)21-15)19(24)25-12-17(23)22(3)11-7-10-20/h5-6,8-9H,4,7,11-12H2,1-3H3. The molecule has 0 unspecified atom stereocenters. The fraction of sp³-hybridized carbons (Fsp3) is 0.368. The van der Waals surface area contributed by atoms with Crippen molar-refractivity contribution in [2.45, 2.75) is 26.7 Å². The molecule has 6 heteroatoms. The maximum Gasteiger partial charge on any atom is 0.339 e. The minimum Gasteiger partial charge on any atom is -0.452 e. The number of amides is 1. The van der Waals surface area contributed by atoms with Gasteiger partial charge in [-0.2, -0.15) is 5.26 Å². The van der Waals surface area contributed by atoms with E-state index in [1.165, 1.54) is 4.90 Å². The van der Waals surface area contributed by atoms with E-state index in [2.05, 4.69) is 4.98 Å². The van der Waals surface area contributed by atoms with E-state index in [1.807, 2.05) is 44.2 Å².